The number of anilines is 1. The van der Waals surface area contributed by atoms with Crippen LogP contribution in [0.1, 0.15) is 55.8 Å². The predicted octanol–water partition coefficient (Wildman–Crippen LogP) is 4.22. The van der Waals surface area contributed by atoms with Crippen LogP contribution >= 0.6 is 0 Å². The van der Waals surface area contributed by atoms with Crippen molar-refractivity contribution < 1.29 is 19.8 Å². The molecule has 0 saturated carbocycles. The number of hydrogen-bond donors (Lipinski definition) is 3. The summed E-state index contributed by atoms with van der Waals surface area (Å²) in [5.74, 6) is -1.60. The van der Waals surface area contributed by atoms with Crippen LogP contribution in [-0.2, 0) is 0 Å². The molecule has 0 fully saturated rings. The average Bonchev–Trinajstić information content (AvgIpc) is 3.11. The number of carboxylic acids is 2. The summed E-state index contributed by atoms with van der Waals surface area (Å²) in [6, 6.07) is 10.4. The molecule has 0 bridgehead atoms. The molecular formula is C21H19NO4. The fourth-order valence-electron chi connectivity index (χ4n) is 4.20. The second kappa shape index (κ2) is 6.02. The van der Waals surface area contributed by atoms with Gasteiger partial charge in [-0.3, -0.25) is 0 Å². The van der Waals surface area contributed by atoms with E-state index in [1.807, 2.05) is 25.1 Å². The molecule has 2 aromatic carbocycles. The van der Waals surface area contributed by atoms with Crippen molar-refractivity contribution in [2.24, 2.45) is 5.92 Å². The molecule has 4 rings (SSSR count). The highest BCUT2D eigenvalue weighted by Crippen LogP contribution is 2.51. The highest BCUT2D eigenvalue weighted by molar-refractivity contribution is 5.93. The molecule has 0 spiro atoms. The zero-order valence-electron chi connectivity index (χ0n) is 14.3. The Bertz CT molecular complexity index is 930. The summed E-state index contributed by atoms with van der Waals surface area (Å²) in [7, 11) is 0. The van der Waals surface area contributed by atoms with Crippen LogP contribution in [0.2, 0.25) is 0 Å². The number of aryl methyl sites for hydroxylation is 1. The third-order valence-corrected chi connectivity index (χ3v) is 5.48. The number of aromatic carboxylic acids is 2. The first-order valence-electron chi connectivity index (χ1n) is 8.60. The molecule has 0 saturated heterocycles. The first-order valence-corrected chi connectivity index (χ1v) is 8.60. The average molecular weight is 349 g/mol. The Labute approximate surface area is 151 Å². The van der Waals surface area contributed by atoms with Gasteiger partial charge >= 0.3 is 11.9 Å². The van der Waals surface area contributed by atoms with Gasteiger partial charge in [0, 0.05) is 11.6 Å². The van der Waals surface area contributed by atoms with E-state index < -0.39 is 11.9 Å². The molecule has 1 aliphatic heterocycles. The number of fused-ring (bicyclic) bond motifs is 3. The summed E-state index contributed by atoms with van der Waals surface area (Å²) in [6.07, 6.45) is 5.07. The van der Waals surface area contributed by atoms with Crippen molar-refractivity contribution in [3.05, 3.63) is 76.4 Å². The fourth-order valence-corrected chi connectivity index (χ4v) is 4.20. The zero-order chi connectivity index (χ0) is 18.4. The van der Waals surface area contributed by atoms with Gasteiger partial charge in [-0.1, -0.05) is 30.4 Å². The quantitative estimate of drug-likeness (QED) is 0.722. The monoisotopic (exact) mass is 349 g/mol. The molecule has 2 aliphatic rings. The van der Waals surface area contributed by atoms with Crippen LogP contribution in [0.15, 0.2) is 48.6 Å². The lowest BCUT2D eigenvalue weighted by molar-refractivity contribution is 0.0685. The lowest BCUT2D eigenvalue weighted by Crippen LogP contribution is -2.31. The molecule has 2 aromatic rings. The van der Waals surface area contributed by atoms with Crippen molar-refractivity contribution >= 4 is 17.6 Å². The number of nitrogens with one attached hydrogen (secondary N) is 1. The van der Waals surface area contributed by atoms with Gasteiger partial charge in [0.25, 0.3) is 0 Å². The van der Waals surface area contributed by atoms with Crippen molar-refractivity contribution in [2.75, 3.05) is 5.32 Å². The Morgan fingerprint density at radius 2 is 1.77 bits per heavy atom. The van der Waals surface area contributed by atoms with E-state index >= 15 is 0 Å². The molecule has 5 heteroatoms. The minimum Gasteiger partial charge on any atom is -0.478 e. The first kappa shape index (κ1) is 16.4. The van der Waals surface area contributed by atoms with Crippen LogP contribution in [0.5, 0.6) is 0 Å². The summed E-state index contributed by atoms with van der Waals surface area (Å²) in [5, 5.41) is 22.3. The van der Waals surface area contributed by atoms with Gasteiger partial charge in [-0.15, -0.1) is 0 Å². The van der Waals surface area contributed by atoms with Gasteiger partial charge in [0.2, 0.25) is 0 Å². The van der Waals surface area contributed by atoms with E-state index in [0.29, 0.717) is 5.56 Å². The van der Waals surface area contributed by atoms with Crippen LogP contribution in [0.3, 0.4) is 0 Å². The molecule has 26 heavy (non-hydrogen) atoms. The summed E-state index contributed by atoms with van der Waals surface area (Å²) in [5.41, 5.74) is 4.37. The molecule has 3 atom stereocenters. The van der Waals surface area contributed by atoms with E-state index in [-0.39, 0.29) is 23.4 Å². The molecule has 0 amide bonds. The van der Waals surface area contributed by atoms with Crippen LogP contribution in [0.4, 0.5) is 5.69 Å². The van der Waals surface area contributed by atoms with Crippen LogP contribution in [0.25, 0.3) is 0 Å². The maximum absolute atomic E-state index is 11.7. The molecule has 0 unspecified atom stereocenters. The van der Waals surface area contributed by atoms with Crippen molar-refractivity contribution in [3.63, 3.8) is 0 Å². The van der Waals surface area contributed by atoms with Gasteiger partial charge in [-0.2, -0.15) is 0 Å². The van der Waals surface area contributed by atoms with Crippen molar-refractivity contribution in [1.82, 2.24) is 0 Å². The Hall–Kier alpha value is -3.08. The third-order valence-electron chi connectivity index (χ3n) is 5.48. The Morgan fingerprint density at radius 3 is 2.42 bits per heavy atom. The summed E-state index contributed by atoms with van der Waals surface area (Å²) in [6.45, 7) is 1.97. The highest BCUT2D eigenvalue weighted by atomic mass is 16.4. The van der Waals surface area contributed by atoms with Crippen LogP contribution in [0, 0.1) is 12.8 Å². The maximum Gasteiger partial charge on any atom is 0.336 e. The Morgan fingerprint density at radius 1 is 1.04 bits per heavy atom. The largest absolute Gasteiger partial charge is 0.478 e. The molecule has 5 nitrogen and oxygen atoms in total. The van der Waals surface area contributed by atoms with Gasteiger partial charge in [0.1, 0.15) is 0 Å². The van der Waals surface area contributed by atoms with Gasteiger partial charge in [-0.25, -0.2) is 9.59 Å². The number of rotatable bonds is 3. The molecule has 1 aliphatic carbocycles. The van der Waals surface area contributed by atoms with Crippen molar-refractivity contribution in [1.29, 1.82) is 0 Å². The van der Waals surface area contributed by atoms with E-state index in [9.17, 15) is 14.7 Å². The second-order valence-electron chi connectivity index (χ2n) is 6.93. The van der Waals surface area contributed by atoms with Crippen molar-refractivity contribution in [3.8, 4) is 0 Å². The Kier molecular flexibility index (Phi) is 3.80. The van der Waals surface area contributed by atoms with E-state index in [2.05, 4.69) is 17.5 Å². The topological polar surface area (TPSA) is 86.6 Å². The summed E-state index contributed by atoms with van der Waals surface area (Å²) >= 11 is 0. The van der Waals surface area contributed by atoms with E-state index in [0.717, 1.165) is 28.8 Å². The Balaban J connectivity index is 1.81. The first-order chi connectivity index (χ1) is 12.5. The van der Waals surface area contributed by atoms with Crippen LogP contribution < -0.4 is 5.32 Å². The van der Waals surface area contributed by atoms with Crippen LogP contribution in [-0.4, -0.2) is 22.2 Å². The van der Waals surface area contributed by atoms with E-state index in [1.54, 1.807) is 18.2 Å². The van der Waals surface area contributed by atoms with Gasteiger partial charge < -0.3 is 15.5 Å². The smallest absolute Gasteiger partial charge is 0.336 e. The number of benzene rings is 2. The summed E-state index contributed by atoms with van der Waals surface area (Å²) < 4.78 is 0. The maximum atomic E-state index is 11.7. The molecule has 1 heterocycles. The lowest BCUT2D eigenvalue weighted by Gasteiger charge is -2.39. The fraction of sp³-hybridized carbons (Fsp3) is 0.238. The van der Waals surface area contributed by atoms with Gasteiger partial charge in [-0.05, 0) is 54.2 Å². The standard InChI is InChI=1S/C21H19NO4/c1-11-5-10-16(21(25)26)17-14-3-2-4-15(14)19(22-18(11)17)12-6-8-13(9-7-12)20(23)24/h2-3,5-10,14-15,19,22H,4H2,1H3,(H,23,24)(H,25,26)/t14-,15-,19-/m1/s1. The third kappa shape index (κ3) is 2.47. The van der Waals surface area contributed by atoms with Gasteiger partial charge in [0.05, 0.1) is 17.2 Å². The SMILES string of the molecule is Cc1ccc(C(=O)O)c2c1N[C@H](c1ccc(C(=O)O)cc1)[C@@H]1CC=C[C@@H]21. The number of allylic oxidation sites excluding steroid dienone is 2. The number of hydrogen-bond acceptors (Lipinski definition) is 3. The minimum atomic E-state index is -0.944. The number of carbonyl (C=O) groups is 2. The second-order valence-corrected chi connectivity index (χ2v) is 6.93. The molecule has 132 valence electrons. The normalized spacial score (nSPS) is 23.0. The molecule has 0 radical (unpaired) electrons. The zero-order valence-corrected chi connectivity index (χ0v) is 14.3. The molecule has 3 N–H and O–H groups in total. The van der Waals surface area contributed by atoms with E-state index in [1.165, 1.54) is 0 Å². The summed E-state index contributed by atoms with van der Waals surface area (Å²) in [4.78, 5) is 22.8. The van der Waals surface area contributed by atoms with E-state index in [4.69, 9.17) is 5.11 Å². The molecule has 0 aromatic heterocycles. The minimum absolute atomic E-state index is 0.00749. The molecular weight excluding hydrogens is 330 g/mol. The lowest BCUT2D eigenvalue weighted by atomic mass is 9.74. The van der Waals surface area contributed by atoms with Crippen molar-refractivity contribution in [2.45, 2.75) is 25.3 Å². The van der Waals surface area contributed by atoms with Gasteiger partial charge in [0.15, 0.2) is 0 Å². The highest BCUT2D eigenvalue weighted by Gasteiger charge is 2.40. The number of carboxylic acid groups (broad SMARTS) is 2. The predicted molar refractivity (Wildman–Crippen MR) is 97.9 cm³/mol.